The monoisotopic (exact) mass is 164 g/mol. The molecule has 0 amide bonds. The lowest BCUT2D eigenvalue weighted by atomic mass is 10.1. The minimum absolute atomic E-state index is 0.355. The molecule has 1 aliphatic rings. The zero-order valence-electron chi connectivity index (χ0n) is 6.85. The molecule has 1 aromatic rings. The lowest BCUT2D eigenvalue weighted by molar-refractivity contribution is 0.138. The highest BCUT2D eigenvalue weighted by atomic mass is 15.2. The van der Waals surface area contributed by atoms with Crippen molar-refractivity contribution in [3.05, 3.63) is 24.3 Å². The Balaban J connectivity index is 1.88. The van der Waals surface area contributed by atoms with E-state index in [2.05, 4.69) is 14.9 Å². The third kappa shape index (κ3) is 1.60. The highest BCUT2D eigenvalue weighted by molar-refractivity contribution is 4.92. The molecule has 2 N–H and O–H groups in total. The first kappa shape index (κ1) is 7.64. The molecule has 12 heavy (non-hydrogen) atoms. The zero-order valence-corrected chi connectivity index (χ0v) is 6.85. The first-order valence-corrected chi connectivity index (χ1v) is 4.08. The average Bonchev–Trinajstić information content (AvgIpc) is 2.04. The highest BCUT2D eigenvalue weighted by Gasteiger charge is 2.23. The van der Waals surface area contributed by atoms with Gasteiger partial charge in [0.15, 0.2) is 0 Å². The molecule has 2 heterocycles. The summed E-state index contributed by atoms with van der Waals surface area (Å²) in [5, 5.41) is 0. The lowest BCUT2D eigenvalue weighted by Crippen LogP contribution is -2.55. The fraction of sp³-hybridized carbons (Fsp3) is 0.500. The van der Waals surface area contributed by atoms with Crippen LogP contribution < -0.4 is 5.73 Å². The van der Waals surface area contributed by atoms with Gasteiger partial charge in [0.1, 0.15) is 5.82 Å². The molecule has 1 saturated heterocycles. The topological polar surface area (TPSA) is 55.0 Å². The quantitative estimate of drug-likeness (QED) is 0.647. The van der Waals surface area contributed by atoms with E-state index in [1.165, 1.54) is 0 Å². The number of hydrogen-bond acceptors (Lipinski definition) is 4. The molecule has 0 spiro atoms. The predicted molar refractivity (Wildman–Crippen MR) is 45.3 cm³/mol. The standard InChI is InChI=1S/C8H12N4/c9-7-4-12(5-7)6-8-10-2-1-3-11-8/h1-3,7H,4-6,9H2. The van der Waals surface area contributed by atoms with Gasteiger partial charge in [-0.2, -0.15) is 0 Å². The number of likely N-dealkylation sites (tertiary alicyclic amines) is 1. The van der Waals surface area contributed by atoms with Gasteiger partial charge in [-0.05, 0) is 6.07 Å². The highest BCUT2D eigenvalue weighted by Crippen LogP contribution is 2.07. The van der Waals surface area contributed by atoms with Gasteiger partial charge in [0.2, 0.25) is 0 Å². The summed E-state index contributed by atoms with van der Waals surface area (Å²) in [4.78, 5) is 10.5. The summed E-state index contributed by atoms with van der Waals surface area (Å²) in [5.74, 6) is 0.879. The maximum Gasteiger partial charge on any atom is 0.142 e. The van der Waals surface area contributed by atoms with Gasteiger partial charge in [-0.1, -0.05) is 0 Å². The van der Waals surface area contributed by atoms with Gasteiger partial charge >= 0.3 is 0 Å². The second kappa shape index (κ2) is 3.16. The maximum atomic E-state index is 5.64. The van der Waals surface area contributed by atoms with Crippen molar-refractivity contribution in [2.45, 2.75) is 12.6 Å². The summed E-state index contributed by atoms with van der Waals surface area (Å²) in [5.41, 5.74) is 5.64. The van der Waals surface area contributed by atoms with E-state index in [9.17, 15) is 0 Å². The van der Waals surface area contributed by atoms with Gasteiger partial charge < -0.3 is 5.73 Å². The third-order valence-corrected chi connectivity index (χ3v) is 1.97. The average molecular weight is 164 g/mol. The van der Waals surface area contributed by atoms with Crippen molar-refractivity contribution in [2.24, 2.45) is 5.73 Å². The number of rotatable bonds is 2. The smallest absolute Gasteiger partial charge is 0.142 e. The molecule has 1 fully saturated rings. The van der Waals surface area contributed by atoms with Crippen LogP contribution in [-0.4, -0.2) is 34.0 Å². The van der Waals surface area contributed by atoms with Gasteiger partial charge in [0, 0.05) is 31.5 Å². The Morgan fingerprint density at radius 2 is 2.08 bits per heavy atom. The minimum Gasteiger partial charge on any atom is -0.325 e. The van der Waals surface area contributed by atoms with Crippen molar-refractivity contribution < 1.29 is 0 Å². The van der Waals surface area contributed by atoms with Crippen LogP contribution in [0, 0.1) is 0 Å². The Morgan fingerprint density at radius 3 is 2.67 bits per heavy atom. The summed E-state index contributed by atoms with van der Waals surface area (Å²) in [6.45, 7) is 2.77. The Hall–Kier alpha value is -1.00. The van der Waals surface area contributed by atoms with E-state index in [-0.39, 0.29) is 0 Å². The number of nitrogens with zero attached hydrogens (tertiary/aromatic N) is 3. The van der Waals surface area contributed by atoms with Gasteiger partial charge in [0.05, 0.1) is 6.54 Å². The van der Waals surface area contributed by atoms with E-state index < -0.39 is 0 Å². The summed E-state index contributed by atoms with van der Waals surface area (Å²) in [6.07, 6.45) is 3.53. The molecule has 2 rings (SSSR count). The van der Waals surface area contributed by atoms with Crippen LogP contribution in [0.25, 0.3) is 0 Å². The van der Waals surface area contributed by atoms with E-state index >= 15 is 0 Å². The van der Waals surface area contributed by atoms with Gasteiger partial charge in [-0.25, -0.2) is 9.97 Å². The molecule has 0 radical (unpaired) electrons. The van der Waals surface area contributed by atoms with Crippen molar-refractivity contribution >= 4 is 0 Å². The fourth-order valence-corrected chi connectivity index (χ4v) is 1.35. The van der Waals surface area contributed by atoms with E-state index in [1.54, 1.807) is 12.4 Å². The van der Waals surface area contributed by atoms with Crippen molar-refractivity contribution in [3.63, 3.8) is 0 Å². The molecule has 0 aliphatic carbocycles. The Morgan fingerprint density at radius 1 is 1.42 bits per heavy atom. The molecule has 1 aliphatic heterocycles. The first-order valence-electron chi connectivity index (χ1n) is 4.08. The Kier molecular flexibility index (Phi) is 2.01. The summed E-state index contributed by atoms with van der Waals surface area (Å²) < 4.78 is 0. The lowest BCUT2D eigenvalue weighted by Gasteiger charge is -2.36. The third-order valence-electron chi connectivity index (χ3n) is 1.97. The molecular weight excluding hydrogens is 152 g/mol. The minimum atomic E-state index is 0.355. The largest absolute Gasteiger partial charge is 0.325 e. The van der Waals surface area contributed by atoms with Gasteiger partial charge in [-0.15, -0.1) is 0 Å². The van der Waals surface area contributed by atoms with Crippen LogP contribution in [0.5, 0.6) is 0 Å². The van der Waals surface area contributed by atoms with Crippen LogP contribution in [0.1, 0.15) is 5.82 Å². The maximum absolute atomic E-state index is 5.64. The van der Waals surface area contributed by atoms with E-state index in [0.717, 1.165) is 25.5 Å². The van der Waals surface area contributed by atoms with Crippen LogP contribution >= 0.6 is 0 Å². The van der Waals surface area contributed by atoms with Crippen LogP contribution in [0.4, 0.5) is 0 Å². The van der Waals surface area contributed by atoms with Crippen molar-refractivity contribution in [3.8, 4) is 0 Å². The normalized spacial score (nSPS) is 19.1. The van der Waals surface area contributed by atoms with E-state index in [4.69, 9.17) is 5.73 Å². The molecule has 64 valence electrons. The van der Waals surface area contributed by atoms with Crippen LogP contribution in [0.15, 0.2) is 18.5 Å². The SMILES string of the molecule is NC1CN(Cc2ncccn2)C1. The Labute approximate surface area is 71.4 Å². The van der Waals surface area contributed by atoms with Crippen molar-refractivity contribution in [2.75, 3.05) is 13.1 Å². The molecule has 0 aromatic carbocycles. The Bertz CT molecular complexity index is 242. The number of hydrogen-bond donors (Lipinski definition) is 1. The molecule has 0 bridgehead atoms. The summed E-state index contributed by atoms with van der Waals surface area (Å²) >= 11 is 0. The summed E-state index contributed by atoms with van der Waals surface area (Å²) in [6, 6.07) is 2.18. The molecular formula is C8H12N4. The zero-order chi connectivity index (χ0) is 8.39. The van der Waals surface area contributed by atoms with Crippen LogP contribution in [0.3, 0.4) is 0 Å². The molecule has 0 saturated carbocycles. The van der Waals surface area contributed by atoms with Crippen LogP contribution in [0.2, 0.25) is 0 Å². The second-order valence-electron chi connectivity index (χ2n) is 3.12. The van der Waals surface area contributed by atoms with Crippen molar-refractivity contribution in [1.82, 2.24) is 14.9 Å². The van der Waals surface area contributed by atoms with Gasteiger partial charge in [-0.3, -0.25) is 4.90 Å². The number of nitrogens with two attached hydrogens (primary N) is 1. The predicted octanol–water partition coefficient (Wildman–Crippen LogP) is -0.381. The molecule has 4 nitrogen and oxygen atoms in total. The van der Waals surface area contributed by atoms with Gasteiger partial charge in [0.25, 0.3) is 0 Å². The van der Waals surface area contributed by atoms with Crippen LogP contribution in [-0.2, 0) is 6.54 Å². The summed E-state index contributed by atoms with van der Waals surface area (Å²) in [7, 11) is 0. The molecule has 4 heteroatoms. The molecule has 0 atom stereocenters. The second-order valence-corrected chi connectivity index (χ2v) is 3.12. The molecule has 0 unspecified atom stereocenters. The first-order chi connectivity index (χ1) is 5.84. The van der Waals surface area contributed by atoms with E-state index in [1.807, 2.05) is 6.07 Å². The number of aromatic nitrogens is 2. The van der Waals surface area contributed by atoms with E-state index in [0.29, 0.717) is 6.04 Å². The fourth-order valence-electron chi connectivity index (χ4n) is 1.35. The molecule has 1 aromatic heterocycles. The van der Waals surface area contributed by atoms with Crippen molar-refractivity contribution in [1.29, 1.82) is 0 Å².